The lowest BCUT2D eigenvalue weighted by molar-refractivity contribution is 0.161. The number of hydrogen-bond donors (Lipinski definition) is 1. The molecule has 5 heteroatoms. The summed E-state index contributed by atoms with van der Waals surface area (Å²) < 4.78 is 23.8. The molecule has 14 heavy (non-hydrogen) atoms. The van der Waals surface area contributed by atoms with Crippen molar-refractivity contribution in [1.82, 2.24) is 0 Å². The zero-order valence-electron chi connectivity index (χ0n) is 7.10. The number of aliphatic hydroxyl groups excluding tert-OH is 1. The summed E-state index contributed by atoms with van der Waals surface area (Å²) in [5.41, 5.74) is 0.572. The van der Waals surface area contributed by atoms with Crippen LogP contribution < -0.4 is 0 Å². The van der Waals surface area contributed by atoms with Gasteiger partial charge in [0.05, 0.1) is 11.4 Å². The topological polar surface area (TPSA) is 54.4 Å². The number of thiophene rings is 1. The highest BCUT2D eigenvalue weighted by atomic mass is 32.2. The molecule has 2 atom stereocenters. The van der Waals surface area contributed by atoms with Crippen molar-refractivity contribution >= 4 is 21.2 Å². The van der Waals surface area contributed by atoms with Crippen molar-refractivity contribution in [3.63, 3.8) is 0 Å². The Bertz CT molecular complexity index is 419. The van der Waals surface area contributed by atoms with Crippen molar-refractivity contribution in [2.75, 3.05) is 0 Å². The number of sulfone groups is 1. The predicted molar refractivity (Wildman–Crippen MR) is 57.3 cm³/mol. The average molecular weight is 234 g/mol. The van der Waals surface area contributed by atoms with Gasteiger partial charge in [0.2, 0.25) is 0 Å². The quantitative estimate of drug-likeness (QED) is 0.747. The zero-order chi connectivity index (χ0) is 9.64. The summed E-state index contributed by atoms with van der Waals surface area (Å²) in [6, 6.07) is 1.69. The van der Waals surface area contributed by atoms with E-state index in [0.29, 0.717) is 16.2 Å². The summed E-state index contributed by atoms with van der Waals surface area (Å²) in [5, 5.41) is 10.8. The van der Waals surface area contributed by atoms with Crippen LogP contribution in [0.3, 0.4) is 0 Å². The molecule has 0 fully saturated rings. The van der Waals surface area contributed by atoms with Crippen molar-refractivity contribution in [1.29, 1.82) is 0 Å². The van der Waals surface area contributed by atoms with E-state index in [1.807, 2.05) is 0 Å². The van der Waals surface area contributed by atoms with Crippen LogP contribution in [0.1, 0.15) is 32.4 Å². The van der Waals surface area contributed by atoms with Gasteiger partial charge < -0.3 is 5.11 Å². The number of aliphatic hydroxyl groups is 1. The number of hydrogen-bond acceptors (Lipinski definition) is 4. The molecular weight excluding hydrogens is 220 g/mol. The molecule has 1 aliphatic heterocycles. The molecule has 80 valence electrons. The molecule has 0 saturated heterocycles. The molecule has 0 unspecified atom stereocenters. The fraction of sp³-hybridized carbons (Fsp3) is 0.556. The van der Waals surface area contributed by atoms with E-state index in [1.165, 1.54) is 11.3 Å². The molecule has 0 amide bonds. The van der Waals surface area contributed by atoms with E-state index in [4.69, 9.17) is 0 Å². The summed E-state index contributed by atoms with van der Waals surface area (Å²) in [6.07, 6.45) is -0.300. The Balaban J connectivity index is 0.000000980. The molecule has 0 spiro atoms. The van der Waals surface area contributed by atoms with Crippen LogP contribution in [0.25, 0.3) is 0 Å². The van der Waals surface area contributed by atoms with Crippen LogP contribution in [0.5, 0.6) is 0 Å². The average Bonchev–Trinajstić information content (AvgIpc) is 2.49. The molecule has 1 aliphatic rings. The fourth-order valence-corrected chi connectivity index (χ4v) is 4.74. The summed E-state index contributed by atoms with van der Waals surface area (Å²) in [7, 11) is -3.15. The first-order chi connectivity index (χ1) is 6.03. The summed E-state index contributed by atoms with van der Waals surface area (Å²) in [5.74, 6) is 0. The predicted octanol–water partition coefficient (Wildman–Crippen LogP) is 1.98. The number of fused-ring (bicyclic) bond motifs is 1. The van der Waals surface area contributed by atoms with Gasteiger partial charge in [-0.25, -0.2) is 8.42 Å². The van der Waals surface area contributed by atoms with Crippen LogP contribution in [0.15, 0.2) is 15.7 Å². The van der Waals surface area contributed by atoms with Gasteiger partial charge in [0.1, 0.15) is 4.21 Å². The van der Waals surface area contributed by atoms with Crippen LogP contribution in [0, 0.1) is 0 Å². The molecular formula is C9H14O3S2. The molecule has 2 rings (SSSR count). The third-order valence-electron chi connectivity index (χ3n) is 2.36. The Kier molecular flexibility index (Phi) is 3.04. The molecule has 2 heterocycles. The third kappa shape index (κ3) is 1.49. The highest BCUT2D eigenvalue weighted by molar-refractivity contribution is 7.94. The van der Waals surface area contributed by atoms with Crippen LogP contribution in [-0.2, 0) is 9.84 Å². The molecule has 0 saturated carbocycles. The lowest BCUT2D eigenvalue weighted by atomic mass is 10.1. The van der Waals surface area contributed by atoms with Crippen LogP contribution in [-0.4, -0.2) is 18.8 Å². The smallest absolute Gasteiger partial charge is 0.190 e. The van der Waals surface area contributed by atoms with Gasteiger partial charge in [0.25, 0.3) is 0 Å². The maximum absolute atomic E-state index is 11.7. The lowest BCUT2D eigenvalue weighted by Crippen LogP contribution is -2.26. The first-order valence-corrected chi connectivity index (χ1v) is 6.45. The molecule has 1 N–H and O–H groups in total. The first-order valence-electron chi connectivity index (χ1n) is 4.03. The summed E-state index contributed by atoms with van der Waals surface area (Å²) in [6.45, 7) is 1.64. The first kappa shape index (κ1) is 11.7. The van der Waals surface area contributed by atoms with Crippen LogP contribution in [0.4, 0.5) is 0 Å². The van der Waals surface area contributed by atoms with Gasteiger partial charge in [-0.3, -0.25) is 0 Å². The normalized spacial score (nSPS) is 29.0. The van der Waals surface area contributed by atoms with E-state index in [0.717, 1.165) is 0 Å². The molecule has 3 nitrogen and oxygen atoms in total. The Morgan fingerprint density at radius 1 is 1.57 bits per heavy atom. The largest absolute Gasteiger partial charge is 0.388 e. The Hall–Kier alpha value is -0.390. The maximum Gasteiger partial charge on any atom is 0.190 e. The lowest BCUT2D eigenvalue weighted by Gasteiger charge is -2.23. The fourth-order valence-electron chi connectivity index (χ4n) is 1.53. The summed E-state index contributed by atoms with van der Waals surface area (Å²) >= 11 is 1.19. The van der Waals surface area contributed by atoms with Gasteiger partial charge in [-0.1, -0.05) is 7.43 Å². The van der Waals surface area contributed by atoms with E-state index in [9.17, 15) is 13.5 Å². The van der Waals surface area contributed by atoms with Crippen molar-refractivity contribution in [3.8, 4) is 0 Å². The van der Waals surface area contributed by atoms with Gasteiger partial charge in [-0.2, -0.15) is 0 Å². The van der Waals surface area contributed by atoms with Crippen molar-refractivity contribution in [2.45, 2.75) is 36.3 Å². The van der Waals surface area contributed by atoms with Crippen molar-refractivity contribution in [3.05, 3.63) is 17.0 Å². The molecule has 1 aromatic heterocycles. The van der Waals surface area contributed by atoms with E-state index < -0.39 is 21.2 Å². The second-order valence-corrected chi connectivity index (χ2v) is 6.75. The molecule has 0 aromatic carbocycles. The molecule has 1 aromatic rings. The third-order valence-corrected chi connectivity index (χ3v) is 6.07. The second kappa shape index (κ2) is 3.64. The molecule has 0 radical (unpaired) electrons. The summed E-state index contributed by atoms with van der Waals surface area (Å²) in [4.78, 5) is 0. The zero-order valence-corrected chi connectivity index (χ0v) is 8.73. The van der Waals surface area contributed by atoms with Crippen molar-refractivity contribution in [2.24, 2.45) is 0 Å². The minimum absolute atomic E-state index is 0. The number of rotatable bonds is 0. The maximum atomic E-state index is 11.7. The van der Waals surface area contributed by atoms with Gasteiger partial charge >= 0.3 is 0 Å². The Labute approximate surface area is 88.3 Å². The standard InChI is InChI=1S/C8H10O3S2.CH4/c1-5-4-7(9)6-2-3-12-8(6)13(5,10)11;/h2-3,5,7,9H,4H2,1H3;1H4/t5-,7+;/m0./s1. The van der Waals surface area contributed by atoms with Crippen LogP contribution in [0.2, 0.25) is 0 Å². The van der Waals surface area contributed by atoms with Gasteiger partial charge in [-0.05, 0) is 24.8 Å². The SMILES string of the molecule is C.C[C@H]1C[C@@H](O)c2ccsc2S1(=O)=O. The minimum Gasteiger partial charge on any atom is -0.388 e. The van der Waals surface area contributed by atoms with Gasteiger partial charge in [-0.15, -0.1) is 11.3 Å². The monoisotopic (exact) mass is 234 g/mol. The molecule has 0 bridgehead atoms. The molecule has 0 aliphatic carbocycles. The van der Waals surface area contributed by atoms with Crippen LogP contribution >= 0.6 is 11.3 Å². The van der Waals surface area contributed by atoms with Gasteiger partial charge in [0, 0.05) is 5.56 Å². The highest BCUT2D eigenvalue weighted by Crippen LogP contribution is 2.39. The second-order valence-electron chi connectivity index (χ2n) is 3.27. The Morgan fingerprint density at radius 2 is 2.21 bits per heavy atom. The Morgan fingerprint density at radius 3 is 2.86 bits per heavy atom. The minimum atomic E-state index is -3.15. The van der Waals surface area contributed by atoms with E-state index in [-0.39, 0.29) is 7.43 Å². The van der Waals surface area contributed by atoms with E-state index in [1.54, 1.807) is 18.4 Å². The highest BCUT2D eigenvalue weighted by Gasteiger charge is 2.36. The van der Waals surface area contributed by atoms with E-state index >= 15 is 0 Å². The van der Waals surface area contributed by atoms with E-state index in [2.05, 4.69) is 0 Å². The van der Waals surface area contributed by atoms with Crippen molar-refractivity contribution < 1.29 is 13.5 Å². The van der Waals surface area contributed by atoms with Gasteiger partial charge in [0.15, 0.2) is 9.84 Å².